The summed E-state index contributed by atoms with van der Waals surface area (Å²) in [6.45, 7) is 9.69. The third-order valence-corrected chi connectivity index (χ3v) is 4.78. The fraction of sp³-hybridized carbons (Fsp3) is 1.00. The first-order valence-electron chi connectivity index (χ1n) is 5.30. The van der Waals surface area contributed by atoms with Crippen molar-refractivity contribution >= 4 is 10.8 Å². The molecule has 0 radical (unpaired) electrons. The van der Waals surface area contributed by atoms with E-state index in [1.54, 1.807) is 0 Å². The Morgan fingerprint density at radius 1 is 1.38 bits per heavy atom. The van der Waals surface area contributed by atoms with Gasteiger partial charge in [-0.2, -0.15) is 0 Å². The molecule has 1 fully saturated rings. The van der Waals surface area contributed by atoms with Crippen LogP contribution in [0.1, 0.15) is 33.6 Å². The Morgan fingerprint density at radius 2 is 2.08 bits per heavy atom. The van der Waals surface area contributed by atoms with Crippen molar-refractivity contribution in [3.8, 4) is 0 Å². The lowest BCUT2D eigenvalue weighted by molar-refractivity contribution is 0.262. The second kappa shape index (κ2) is 5.11. The Balaban J connectivity index is 2.52. The maximum atomic E-state index is 11.8. The van der Waals surface area contributed by atoms with Crippen molar-refractivity contribution in [2.45, 2.75) is 44.1 Å². The molecule has 0 aromatic heterocycles. The van der Waals surface area contributed by atoms with Crippen LogP contribution in [0.4, 0.5) is 0 Å². The summed E-state index contributed by atoms with van der Waals surface area (Å²) in [6, 6.07) is 0. The molecule has 0 aromatic carbocycles. The average molecular weight is 203 g/mol. The highest BCUT2D eigenvalue weighted by Gasteiger charge is 2.29. The summed E-state index contributed by atoms with van der Waals surface area (Å²) in [5.74, 6) is 0. The van der Waals surface area contributed by atoms with Crippen molar-refractivity contribution in [2.75, 3.05) is 19.6 Å². The van der Waals surface area contributed by atoms with Crippen molar-refractivity contribution in [1.29, 1.82) is 0 Å². The van der Waals surface area contributed by atoms with Gasteiger partial charge in [-0.1, -0.05) is 13.8 Å². The summed E-state index contributed by atoms with van der Waals surface area (Å²) in [7, 11) is -0.589. The number of nitrogens with zero attached hydrogens (tertiary/aromatic N) is 1. The van der Waals surface area contributed by atoms with Crippen LogP contribution in [0.5, 0.6) is 0 Å². The van der Waals surface area contributed by atoms with Crippen LogP contribution < -0.4 is 0 Å². The minimum atomic E-state index is -0.589. The lowest BCUT2D eigenvalue weighted by Gasteiger charge is -2.35. The molecule has 0 saturated carbocycles. The van der Waals surface area contributed by atoms with Crippen molar-refractivity contribution < 1.29 is 4.21 Å². The first-order chi connectivity index (χ1) is 6.19. The van der Waals surface area contributed by atoms with Gasteiger partial charge in [0, 0.05) is 34.4 Å². The van der Waals surface area contributed by atoms with Crippen LogP contribution in [0, 0.1) is 0 Å². The summed E-state index contributed by atoms with van der Waals surface area (Å²) in [5, 5.41) is 0.778. The lowest BCUT2D eigenvalue weighted by atomic mass is 10.2. The molecule has 0 aliphatic carbocycles. The Morgan fingerprint density at radius 3 is 2.62 bits per heavy atom. The SMILES string of the molecule is CCCN1CC(C)S(=O)C(CC)C1. The molecule has 0 spiro atoms. The quantitative estimate of drug-likeness (QED) is 0.695. The van der Waals surface area contributed by atoms with E-state index in [1.807, 2.05) is 0 Å². The zero-order valence-electron chi connectivity index (χ0n) is 8.95. The molecule has 1 heterocycles. The summed E-state index contributed by atoms with van der Waals surface area (Å²) >= 11 is 0. The van der Waals surface area contributed by atoms with Crippen molar-refractivity contribution in [3.05, 3.63) is 0 Å². The van der Waals surface area contributed by atoms with E-state index in [2.05, 4.69) is 25.7 Å². The first-order valence-corrected chi connectivity index (χ1v) is 6.58. The second-order valence-electron chi connectivity index (χ2n) is 3.93. The van der Waals surface area contributed by atoms with Gasteiger partial charge in [-0.3, -0.25) is 4.21 Å². The minimum absolute atomic E-state index is 0.366. The molecule has 0 bridgehead atoms. The van der Waals surface area contributed by atoms with Gasteiger partial charge in [0.1, 0.15) is 0 Å². The van der Waals surface area contributed by atoms with E-state index in [0.29, 0.717) is 10.5 Å². The van der Waals surface area contributed by atoms with E-state index < -0.39 is 10.8 Å². The van der Waals surface area contributed by atoms with Crippen molar-refractivity contribution in [3.63, 3.8) is 0 Å². The van der Waals surface area contributed by atoms with Gasteiger partial charge in [0.2, 0.25) is 0 Å². The van der Waals surface area contributed by atoms with E-state index in [4.69, 9.17) is 0 Å². The van der Waals surface area contributed by atoms with Gasteiger partial charge in [0.15, 0.2) is 0 Å². The minimum Gasteiger partial charge on any atom is -0.301 e. The van der Waals surface area contributed by atoms with Crippen molar-refractivity contribution in [1.82, 2.24) is 4.90 Å². The number of rotatable bonds is 3. The Bertz CT molecular complexity index is 184. The largest absolute Gasteiger partial charge is 0.301 e. The van der Waals surface area contributed by atoms with Gasteiger partial charge in [-0.15, -0.1) is 0 Å². The molecule has 0 amide bonds. The first kappa shape index (κ1) is 11.2. The van der Waals surface area contributed by atoms with Gasteiger partial charge in [0.25, 0.3) is 0 Å². The molecule has 1 aliphatic heterocycles. The van der Waals surface area contributed by atoms with E-state index in [-0.39, 0.29) is 0 Å². The molecule has 1 saturated heterocycles. The highest BCUT2D eigenvalue weighted by atomic mass is 32.2. The molecule has 3 atom stereocenters. The zero-order chi connectivity index (χ0) is 9.84. The lowest BCUT2D eigenvalue weighted by Crippen LogP contribution is -2.48. The molecule has 78 valence electrons. The van der Waals surface area contributed by atoms with E-state index in [9.17, 15) is 4.21 Å². The summed E-state index contributed by atoms with van der Waals surface area (Å²) < 4.78 is 11.8. The molecular formula is C10H21NOS. The summed E-state index contributed by atoms with van der Waals surface area (Å²) in [6.07, 6.45) is 2.26. The standard InChI is InChI=1S/C10H21NOS/c1-4-6-11-7-9(3)13(12)10(5-2)8-11/h9-10H,4-8H2,1-3H3. The second-order valence-corrected chi connectivity index (χ2v) is 6.06. The van der Waals surface area contributed by atoms with Gasteiger partial charge < -0.3 is 4.90 Å². The van der Waals surface area contributed by atoms with Gasteiger partial charge in [-0.25, -0.2) is 0 Å². The topological polar surface area (TPSA) is 20.3 Å². The average Bonchev–Trinajstić information content (AvgIpc) is 2.11. The fourth-order valence-electron chi connectivity index (χ4n) is 1.99. The highest BCUT2D eigenvalue weighted by molar-refractivity contribution is 7.86. The summed E-state index contributed by atoms with van der Waals surface area (Å²) in [5.41, 5.74) is 0. The molecular weight excluding hydrogens is 182 g/mol. The van der Waals surface area contributed by atoms with Crippen LogP contribution >= 0.6 is 0 Å². The highest BCUT2D eigenvalue weighted by Crippen LogP contribution is 2.17. The maximum Gasteiger partial charge on any atom is 0.0475 e. The van der Waals surface area contributed by atoms with Crippen LogP contribution in [0.2, 0.25) is 0 Å². The molecule has 0 N–H and O–H groups in total. The van der Waals surface area contributed by atoms with Crippen LogP contribution in [-0.2, 0) is 10.8 Å². The normalized spacial score (nSPS) is 36.4. The zero-order valence-corrected chi connectivity index (χ0v) is 9.77. The predicted octanol–water partition coefficient (Wildman–Crippen LogP) is 1.63. The molecule has 3 heteroatoms. The van der Waals surface area contributed by atoms with Gasteiger partial charge in [0.05, 0.1) is 0 Å². The van der Waals surface area contributed by atoms with E-state index in [0.717, 1.165) is 26.1 Å². The fourth-order valence-corrected chi connectivity index (χ4v) is 3.69. The van der Waals surface area contributed by atoms with Crippen LogP contribution in [0.15, 0.2) is 0 Å². The van der Waals surface area contributed by atoms with Gasteiger partial charge >= 0.3 is 0 Å². The molecule has 2 nitrogen and oxygen atoms in total. The van der Waals surface area contributed by atoms with Crippen LogP contribution in [0.25, 0.3) is 0 Å². The predicted molar refractivity (Wildman–Crippen MR) is 58.4 cm³/mol. The van der Waals surface area contributed by atoms with Gasteiger partial charge in [-0.05, 0) is 26.3 Å². The van der Waals surface area contributed by atoms with E-state index in [1.165, 1.54) is 6.42 Å². The third-order valence-electron chi connectivity index (χ3n) is 2.70. The monoisotopic (exact) mass is 203 g/mol. The van der Waals surface area contributed by atoms with Crippen LogP contribution in [-0.4, -0.2) is 39.2 Å². The molecule has 0 aromatic rings. The number of hydrogen-bond donors (Lipinski definition) is 0. The maximum absolute atomic E-state index is 11.8. The Hall–Kier alpha value is 0.110. The third kappa shape index (κ3) is 2.78. The summed E-state index contributed by atoms with van der Waals surface area (Å²) in [4.78, 5) is 2.46. The molecule has 1 rings (SSSR count). The van der Waals surface area contributed by atoms with E-state index >= 15 is 0 Å². The molecule has 1 aliphatic rings. The molecule has 3 unspecified atom stereocenters. The smallest absolute Gasteiger partial charge is 0.0475 e. The Kier molecular flexibility index (Phi) is 4.39. The number of hydrogen-bond acceptors (Lipinski definition) is 2. The van der Waals surface area contributed by atoms with Crippen molar-refractivity contribution in [2.24, 2.45) is 0 Å². The molecule has 13 heavy (non-hydrogen) atoms. The Labute approximate surface area is 84.2 Å². The van der Waals surface area contributed by atoms with Crippen LogP contribution in [0.3, 0.4) is 0 Å².